The van der Waals surface area contributed by atoms with Crippen molar-refractivity contribution in [1.82, 2.24) is 4.90 Å². The molecule has 5 nitrogen and oxygen atoms in total. The lowest BCUT2D eigenvalue weighted by Gasteiger charge is -2.26. The molecule has 1 saturated heterocycles. The van der Waals surface area contributed by atoms with Gasteiger partial charge in [0.25, 0.3) is 0 Å². The van der Waals surface area contributed by atoms with E-state index >= 15 is 0 Å². The number of nitrogens with zero attached hydrogens (tertiary/aromatic N) is 1. The van der Waals surface area contributed by atoms with E-state index in [1.165, 1.54) is 12.1 Å². The monoisotopic (exact) mass is 372 g/mol. The van der Waals surface area contributed by atoms with Crippen molar-refractivity contribution in [2.45, 2.75) is 38.3 Å². The molecule has 1 unspecified atom stereocenters. The molecule has 0 aliphatic carbocycles. The molecule has 0 radical (unpaired) electrons. The third-order valence-electron chi connectivity index (χ3n) is 4.60. The van der Waals surface area contributed by atoms with Gasteiger partial charge in [-0.1, -0.05) is 18.2 Å². The molecule has 1 aliphatic rings. The highest BCUT2D eigenvalue weighted by Gasteiger charge is 2.33. The summed E-state index contributed by atoms with van der Waals surface area (Å²) >= 11 is 0. The highest BCUT2D eigenvalue weighted by molar-refractivity contribution is 5.72. The van der Waals surface area contributed by atoms with Gasteiger partial charge in [0, 0.05) is 18.2 Å². The molecule has 1 aliphatic heterocycles. The first kappa shape index (κ1) is 19.2. The van der Waals surface area contributed by atoms with Gasteiger partial charge in [-0.25, -0.2) is 9.18 Å². The van der Waals surface area contributed by atoms with E-state index in [2.05, 4.69) is 0 Å². The van der Waals surface area contributed by atoms with Gasteiger partial charge in [-0.3, -0.25) is 0 Å². The third-order valence-corrected chi connectivity index (χ3v) is 4.60. The number of benzene rings is 2. The predicted octanol–water partition coefficient (Wildman–Crippen LogP) is 4.28. The van der Waals surface area contributed by atoms with Crippen molar-refractivity contribution in [2.75, 3.05) is 13.2 Å². The summed E-state index contributed by atoms with van der Waals surface area (Å²) in [5, 5.41) is 0. The van der Waals surface area contributed by atoms with Gasteiger partial charge in [0.2, 0.25) is 0 Å². The second kappa shape index (κ2) is 8.86. The number of hydrogen-bond donors (Lipinski definition) is 1. The number of halogens is 1. The average molecular weight is 372 g/mol. The summed E-state index contributed by atoms with van der Waals surface area (Å²) in [4.78, 5) is 14.3. The summed E-state index contributed by atoms with van der Waals surface area (Å²) < 4.78 is 25.2. The summed E-state index contributed by atoms with van der Waals surface area (Å²) in [5.41, 5.74) is 6.44. The van der Waals surface area contributed by atoms with Crippen molar-refractivity contribution in [1.29, 1.82) is 0 Å². The first-order valence-electron chi connectivity index (χ1n) is 9.26. The van der Waals surface area contributed by atoms with E-state index < -0.39 is 6.09 Å². The Morgan fingerprint density at radius 3 is 2.81 bits per heavy atom. The molecule has 6 heteroatoms. The topological polar surface area (TPSA) is 64.8 Å². The minimum absolute atomic E-state index is 0.0257. The van der Waals surface area contributed by atoms with Crippen LogP contribution in [0.3, 0.4) is 0 Å². The van der Waals surface area contributed by atoms with Crippen molar-refractivity contribution in [3.05, 3.63) is 59.9 Å². The molecular weight excluding hydrogens is 347 g/mol. The number of amides is 1. The van der Waals surface area contributed by atoms with Crippen molar-refractivity contribution in [3.63, 3.8) is 0 Å². The van der Waals surface area contributed by atoms with Crippen LogP contribution >= 0.6 is 0 Å². The van der Waals surface area contributed by atoms with Crippen LogP contribution in [0.1, 0.15) is 37.8 Å². The fourth-order valence-electron chi connectivity index (χ4n) is 3.22. The fraction of sp³-hybridized carbons (Fsp3) is 0.381. The molecule has 27 heavy (non-hydrogen) atoms. The Bertz CT molecular complexity index is 767. The minimum atomic E-state index is -0.436. The van der Waals surface area contributed by atoms with E-state index in [0.717, 1.165) is 12.8 Å². The zero-order valence-corrected chi connectivity index (χ0v) is 15.4. The van der Waals surface area contributed by atoms with E-state index in [-0.39, 0.29) is 17.9 Å². The molecule has 2 aromatic rings. The van der Waals surface area contributed by atoms with Crippen LogP contribution < -0.4 is 15.2 Å². The molecule has 2 atom stereocenters. The molecule has 1 heterocycles. The van der Waals surface area contributed by atoms with Crippen LogP contribution in [0, 0.1) is 5.82 Å². The molecule has 0 bridgehead atoms. The van der Waals surface area contributed by atoms with Gasteiger partial charge >= 0.3 is 6.09 Å². The number of hydrogen-bond acceptors (Lipinski definition) is 4. The number of carbonyl (C=O) groups is 1. The van der Waals surface area contributed by atoms with Crippen molar-refractivity contribution >= 4 is 6.09 Å². The van der Waals surface area contributed by atoms with Gasteiger partial charge in [-0.15, -0.1) is 0 Å². The second-order valence-electron chi connectivity index (χ2n) is 6.83. The predicted molar refractivity (Wildman–Crippen MR) is 101 cm³/mol. The SMILES string of the molecule is CC(N)CCOc1ccc(F)cc1[C@H]1CCCN1C(=O)Oc1ccccc1. The Labute approximate surface area is 158 Å². The molecule has 0 aromatic heterocycles. The third kappa shape index (κ3) is 4.98. The highest BCUT2D eigenvalue weighted by Crippen LogP contribution is 2.38. The van der Waals surface area contributed by atoms with Crippen LogP contribution in [-0.4, -0.2) is 30.2 Å². The largest absolute Gasteiger partial charge is 0.493 e. The lowest BCUT2D eigenvalue weighted by molar-refractivity contribution is 0.146. The minimum Gasteiger partial charge on any atom is -0.493 e. The van der Waals surface area contributed by atoms with Gasteiger partial charge < -0.3 is 20.1 Å². The Balaban J connectivity index is 1.77. The van der Waals surface area contributed by atoms with Crippen molar-refractivity contribution in [2.24, 2.45) is 5.73 Å². The molecule has 3 rings (SSSR count). The smallest absolute Gasteiger partial charge is 0.415 e. The number of para-hydroxylation sites is 1. The molecule has 1 fully saturated rings. The lowest BCUT2D eigenvalue weighted by Crippen LogP contribution is -2.33. The zero-order chi connectivity index (χ0) is 19.2. The van der Waals surface area contributed by atoms with Gasteiger partial charge in [0.05, 0.1) is 12.6 Å². The van der Waals surface area contributed by atoms with Gasteiger partial charge in [-0.2, -0.15) is 0 Å². The van der Waals surface area contributed by atoms with E-state index in [0.29, 0.717) is 36.6 Å². The van der Waals surface area contributed by atoms with Crippen LogP contribution in [0.5, 0.6) is 11.5 Å². The molecule has 1 amide bonds. The summed E-state index contributed by atoms with van der Waals surface area (Å²) in [6.07, 6.45) is 1.82. The van der Waals surface area contributed by atoms with Crippen LogP contribution in [0.15, 0.2) is 48.5 Å². The highest BCUT2D eigenvalue weighted by atomic mass is 19.1. The van der Waals surface area contributed by atoms with Gasteiger partial charge in [-0.05, 0) is 56.5 Å². The molecule has 144 valence electrons. The van der Waals surface area contributed by atoms with Crippen LogP contribution in [0.2, 0.25) is 0 Å². The lowest BCUT2D eigenvalue weighted by atomic mass is 10.0. The van der Waals surface area contributed by atoms with Crippen LogP contribution in [0.25, 0.3) is 0 Å². The van der Waals surface area contributed by atoms with Crippen LogP contribution in [-0.2, 0) is 0 Å². The Hall–Kier alpha value is -2.60. The van der Waals surface area contributed by atoms with E-state index in [9.17, 15) is 9.18 Å². The summed E-state index contributed by atoms with van der Waals surface area (Å²) in [6.45, 7) is 2.91. The van der Waals surface area contributed by atoms with Gasteiger partial charge in [0.15, 0.2) is 0 Å². The van der Waals surface area contributed by atoms with E-state index in [1.54, 1.807) is 35.2 Å². The van der Waals surface area contributed by atoms with Crippen molar-refractivity contribution in [3.8, 4) is 11.5 Å². The van der Waals surface area contributed by atoms with Gasteiger partial charge in [0.1, 0.15) is 17.3 Å². The maximum atomic E-state index is 13.9. The Kier molecular flexibility index (Phi) is 6.29. The number of carbonyl (C=O) groups excluding carboxylic acids is 1. The molecular formula is C21H25FN2O3. The molecule has 0 saturated carbocycles. The second-order valence-corrected chi connectivity index (χ2v) is 6.83. The van der Waals surface area contributed by atoms with E-state index in [1.807, 2.05) is 13.0 Å². The standard InChI is InChI=1S/C21H25FN2O3/c1-15(23)11-13-26-20-10-9-16(22)14-18(20)19-8-5-12-24(19)21(25)27-17-6-3-2-4-7-17/h2-4,6-7,9-10,14-15,19H,5,8,11-13,23H2,1H3/t15?,19-/m1/s1. The average Bonchev–Trinajstić information content (AvgIpc) is 3.13. The number of rotatable bonds is 6. The summed E-state index contributed by atoms with van der Waals surface area (Å²) in [7, 11) is 0. The number of ether oxygens (including phenoxy) is 2. The number of likely N-dealkylation sites (tertiary alicyclic amines) is 1. The maximum absolute atomic E-state index is 13.9. The number of nitrogens with two attached hydrogens (primary N) is 1. The van der Waals surface area contributed by atoms with E-state index in [4.69, 9.17) is 15.2 Å². The summed E-state index contributed by atoms with van der Waals surface area (Å²) in [5.74, 6) is 0.718. The zero-order valence-electron chi connectivity index (χ0n) is 15.4. The quantitative estimate of drug-likeness (QED) is 0.822. The molecule has 0 spiro atoms. The van der Waals surface area contributed by atoms with Crippen molar-refractivity contribution < 1.29 is 18.7 Å². The fourth-order valence-corrected chi connectivity index (χ4v) is 3.22. The first-order chi connectivity index (χ1) is 13.0. The first-order valence-corrected chi connectivity index (χ1v) is 9.26. The normalized spacial score (nSPS) is 17.6. The molecule has 2 aromatic carbocycles. The Morgan fingerprint density at radius 1 is 1.30 bits per heavy atom. The summed E-state index contributed by atoms with van der Waals surface area (Å²) in [6, 6.07) is 13.1. The Morgan fingerprint density at radius 2 is 2.07 bits per heavy atom. The maximum Gasteiger partial charge on any atom is 0.415 e. The van der Waals surface area contributed by atoms with Crippen LogP contribution in [0.4, 0.5) is 9.18 Å². The molecule has 2 N–H and O–H groups in total.